The number of nitrogens with one attached hydrogen (secondary N) is 2. The third-order valence-electron chi connectivity index (χ3n) is 4.16. The van der Waals surface area contributed by atoms with Crippen LogP contribution in [0, 0.1) is 16.6 Å². The van der Waals surface area contributed by atoms with Crippen LogP contribution in [0.5, 0.6) is 11.5 Å². The number of rotatable bonds is 8. The molecule has 3 rings (SSSR count). The van der Waals surface area contributed by atoms with Crippen LogP contribution in [0.2, 0.25) is 0 Å². The van der Waals surface area contributed by atoms with E-state index in [4.69, 9.17) is 31.8 Å². The molecule has 0 unspecified atom stereocenters. The van der Waals surface area contributed by atoms with Crippen molar-refractivity contribution in [2.24, 2.45) is 11.5 Å². The molecule has 0 bridgehead atoms. The molecule has 0 aliphatic heterocycles. The van der Waals surface area contributed by atoms with Gasteiger partial charge in [0.1, 0.15) is 42.2 Å². The lowest BCUT2D eigenvalue weighted by Gasteiger charge is -2.11. The SMILES string of the molecule is N=C(N)c1ccc(OCc2cc(F)cc(COc3ccc(C(=N)N)cc3)c2)cc1. The standard InChI is InChI=1S/C22H21FN4O2/c23-18-10-14(12-28-19-5-1-16(2-6-19)21(24)25)9-15(11-18)13-29-20-7-3-17(4-8-20)22(26)27/h1-11H,12-13H2,(H3,24,25)(H3,26,27). The fourth-order valence-electron chi connectivity index (χ4n) is 2.68. The van der Waals surface area contributed by atoms with Gasteiger partial charge in [0.2, 0.25) is 0 Å². The van der Waals surface area contributed by atoms with Gasteiger partial charge in [-0.3, -0.25) is 10.8 Å². The molecule has 148 valence electrons. The second-order valence-corrected chi connectivity index (χ2v) is 6.42. The quantitative estimate of drug-likeness (QED) is 0.346. The molecule has 0 fully saturated rings. The molecule has 3 aromatic rings. The van der Waals surface area contributed by atoms with Crippen LogP contribution >= 0.6 is 0 Å². The van der Waals surface area contributed by atoms with Crippen LogP contribution in [0.3, 0.4) is 0 Å². The highest BCUT2D eigenvalue weighted by Crippen LogP contribution is 2.18. The highest BCUT2D eigenvalue weighted by atomic mass is 19.1. The fourth-order valence-corrected chi connectivity index (χ4v) is 2.68. The number of halogens is 1. The molecular weight excluding hydrogens is 371 g/mol. The Balaban J connectivity index is 1.61. The number of ether oxygens (including phenoxy) is 2. The molecule has 0 saturated heterocycles. The van der Waals surface area contributed by atoms with Crippen molar-refractivity contribution in [3.05, 3.63) is 94.8 Å². The zero-order chi connectivity index (χ0) is 20.8. The summed E-state index contributed by atoms with van der Waals surface area (Å²) in [6, 6.07) is 18.3. The first-order valence-corrected chi connectivity index (χ1v) is 8.83. The first kappa shape index (κ1) is 19.9. The number of nitrogen functional groups attached to an aromatic ring is 2. The fraction of sp³-hybridized carbons (Fsp3) is 0.0909. The Kier molecular flexibility index (Phi) is 6.09. The third kappa shape index (κ3) is 5.55. The summed E-state index contributed by atoms with van der Waals surface area (Å²) in [6.45, 7) is 0.384. The summed E-state index contributed by atoms with van der Waals surface area (Å²) in [4.78, 5) is 0. The number of benzene rings is 3. The molecule has 3 aromatic carbocycles. The first-order chi connectivity index (χ1) is 13.9. The van der Waals surface area contributed by atoms with E-state index in [1.54, 1.807) is 48.5 Å². The lowest BCUT2D eigenvalue weighted by Crippen LogP contribution is -2.10. The zero-order valence-electron chi connectivity index (χ0n) is 15.6. The number of hydrogen-bond acceptors (Lipinski definition) is 4. The van der Waals surface area contributed by atoms with Crippen molar-refractivity contribution < 1.29 is 13.9 Å². The molecule has 0 amide bonds. The van der Waals surface area contributed by atoms with Gasteiger partial charge in [-0.2, -0.15) is 0 Å². The number of amidine groups is 2. The normalized spacial score (nSPS) is 10.4. The zero-order valence-corrected chi connectivity index (χ0v) is 15.6. The highest BCUT2D eigenvalue weighted by molar-refractivity contribution is 5.95. The van der Waals surface area contributed by atoms with Crippen molar-refractivity contribution >= 4 is 11.7 Å². The van der Waals surface area contributed by atoms with Crippen molar-refractivity contribution in [2.75, 3.05) is 0 Å². The number of nitrogens with two attached hydrogens (primary N) is 2. The van der Waals surface area contributed by atoms with Crippen molar-refractivity contribution in [3.8, 4) is 11.5 Å². The number of hydrogen-bond donors (Lipinski definition) is 4. The lowest BCUT2D eigenvalue weighted by atomic mass is 10.1. The first-order valence-electron chi connectivity index (χ1n) is 8.83. The highest BCUT2D eigenvalue weighted by Gasteiger charge is 2.05. The van der Waals surface area contributed by atoms with E-state index in [-0.39, 0.29) is 30.7 Å². The summed E-state index contributed by atoms with van der Waals surface area (Å²) in [7, 11) is 0. The lowest BCUT2D eigenvalue weighted by molar-refractivity contribution is 0.298. The van der Waals surface area contributed by atoms with E-state index >= 15 is 0 Å². The smallest absolute Gasteiger partial charge is 0.124 e. The van der Waals surface area contributed by atoms with E-state index in [2.05, 4.69) is 0 Å². The van der Waals surface area contributed by atoms with Gasteiger partial charge in [-0.1, -0.05) is 0 Å². The average molecular weight is 392 g/mol. The summed E-state index contributed by atoms with van der Waals surface area (Å²) in [5.74, 6) is 0.804. The molecule has 0 aromatic heterocycles. The summed E-state index contributed by atoms with van der Waals surface area (Å²) in [6.07, 6.45) is 0. The Bertz CT molecular complexity index is 938. The van der Waals surface area contributed by atoms with Gasteiger partial charge in [-0.05, 0) is 77.9 Å². The summed E-state index contributed by atoms with van der Waals surface area (Å²) < 4.78 is 25.3. The molecule has 0 saturated carbocycles. The largest absolute Gasteiger partial charge is 0.489 e. The van der Waals surface area contributed by atoms with Crippen LogP contribution in [-0.4, -0.2) is 11.7 Å². The summed E-state index contributed by atoms with van der Waals surface area (Å²) >= 11 is 0. The minimum atomic E-state index is -0.372. The Morgan fingerprint density at radius 1 is 0.690 bits per heavy atom. The Labute approximate surface area is 167 Å². The van der Waals surface area contributed by atoms with E-state index < -0.39 is 0 Å². The monoisotopic (exact) mass is 392 g/mol. The minimum Gasteiger partial charge on any atom is -0.489 e. The van der Waals surface area contributed by atoms with E-state index in [1.807, 2.05) is 6.07 Å². The molecule has 0 aliphatic carbocycles. The van der Waals surface area contributed by atoms with Crippen LogP contribution in [0.1, 0.15) is 22.3 Å². The molecule has 0 atom stereocenters. The predicted octanol–water partition coefficient (Wildman–Crippen LogP) is 3.55. The maximum absolute atomic E-state index is 14.0. The third-order valence-corrected chi connectivity index (χ3v) is 4.16. The second-order valence-electron chi connectivity index (χ2n) is 6.42. The maximum Gasteiger partial charge on any atom is 0.124 e. The van der Waals surface area contributed by atoms with Gasteiger partial charge in [0.05, 0.1) is 0 Å². The summed E-state index contributed by atoms with van der Waals surface area (Å²) in [5.41, 5.74) is 13.4. The van der Waals surface area contributed by atoms with Gasteiger partial charge >= 0.3 is 0 Å². The van der Waals surface area contributed by atoms with Crippen LogP contribution < -0.4 is 20.9 Å². The molecule has 7 heteroatoms. The van der Waals surface area contributed by atoms with Crippen molar-refractivity contribution in [3.63, 3.8) is 0 Å². The van der Waals surface area contributed by atoms with E-state index in [1.165, 1.54) is 12.1 Å². The molecular formula is C22H21FN4O2. The molecule has 29 heavy (non-hydrogen) atoms. The van der Waals surface area contributed by atoms with Crippen molar-refractivity contribution in [1.29, 1.82) is 10.8 Å². The van der Waals surface area contributed by atoms with Crippen LogP contribution in [0.25, 0.3) is 0 Å². The molecule has 0 heterocycles. The van der Waals surface area contributed by atoms with Crippen molar-refractivity contribution in [1.82, 2.24) is 0 Å². The maximum atomic E-state index is 14.0. The average Bonchev–Trinajstić information content (AvgIpc) is 2.71. The predicted molar refractivity (Wildman–Crippen MR) is 110 cm³/mol. The van der Waals surface area contributed by atoms with Gasteiger partial charge in [0, 0.05) is 11.1 Å². The van der Waals surface area contributed by atoms with Gasteiger partial charge in [-0.25, -0.2) is 4.39 Å². The Hall–Kier alpha value is -3.87. The summed E-state index contributed by atoms with van der Waals surface area (Å²) in [5, 5.41) is 14.8. The molecule has 0 aliphatic rings. The molecule has 0 spiro atoms. The van der Waals surface area contributed by atoms with Crippen LogP contribution in [0.15, 0.2) is 66.7 Å². The van der Waals surface area contributed by atoms with E-state index in [9.17, 15) is 4.39 Å². The molecule has 6 nitrogen and oxygen atoms in total. The van der Waals surface area contributed by atoms with Crippen LogP contribution in [0.4, 0.5) is 4.39 Å². The van der Waals surface area contributed by atoms with E-state index in [0.717, 1.165) is 0 Å². The second kappa shape index (κ2) is 8.88. The van der Waals surface area contributed by atoms with Crippen LogP contribution in [-0.2, 0) is 13.2 Å². The van der Waals surface area contributed by atoms with Gasteiger partial charge in [0.25, 0.3) is 0 Å². The minimum absolute atomic E-state index is 0.0118. The van der Waals surface area contributed by atoms with Crippen molar-refractivity contribution in [2.45, 2.75) is 13.2 Å². The Morgan fingerprint density at radius 3 is 1.41 bits per heavy atom. The van der Waals surface area contributed by atoms with Gasteiger partial charge in [0.15, 0.2) is 0 Å². The topological polar surface area (TPSA) is 118 Å². The van der Waals surface area contributed by atoms with E-state index in [0.29, 0.717) is 33.8 Å². The van der Waals surface area contributed by atoms with Gasteiger partial charge in [-0.15, -0.1) is 0 Å². The molecule has 0 radical (unpaired) electrons. The van der Waals surface area contributed by atoms with Gasteiger partial charge < -0.3 is 20.9 Å². The molecule has 6 N–H and O–H groups in total. The Morgan fingerprint density at radius 2 is 1.07 bits per heavy atom.